The summed E-state index contributed by atoms with van der Waals surface area (Å²) >= 11 is 0. The van der Waals surface area contributed by atoms with Crippen LogP contribution in [0.25, 0.3) is 0 Å². The number of hydrogen-bond donors (Lipinski definition) is 2. The summed E-state index contributed by atoms with van der Waals surface area (Å²) in [5.74, 6) is 0.152. The van der Waals surface area contributed by atoms with Crippen molar-refractivity contribution < 1.29 is 9.53 Å². The molecule has 1 saturated heterocycles. The monoisotopic (exact) mass is 240 g/mol. The van der Waals surface area contributed by atoms with Crippen LogP contribution in [0.2, 0.25) is 0 Å². The first-order valence-corrected chi connectivity index (χ1v) is 6.96. The van der Waals surface area contributed by atoms with Gasteiger partial charge in [-0.15, -0.1) is 0 Å². The van der Waals surface area contributed by atoms with Crippen molar-refractivity contribution in [1.29, 1.82) is 0 Å². The molecule has 0 aromatic heterocycles. The topological polar surface area (TPSA) is 50.4 Å². The van der Waals surface area contributed by atoms with Crippen LogP contribution in [0.4, 0.5) is 0 Å². The Kier molecular flexibility index (Phi) is 5.26. The number of nitrogens with one attached hydrogen (secondary N) is 2. The summed E-state index contributed by atoms with van der Waals surface area (Å²) in [7, 11) is 0. The highest BCUT2D eigenvalue weighted by molar-refractivity contribution is 5.76. The van der Waals surface area contributed by atoms with Crippen LogP contribution in [-0.4, -0.2) is 37.7 Å². The summed E-state index contributed by atoms with van der Waals surface area (Å²) in [5.41, 5.74) is 0. The van der Waals surface area contributed by atoms with Gasteiger partial charge < -0.3 is 15.4 Å². The minimum absolute atomic E-state index is 0.152. The molecule has 4 heteroatoms. The van der Waals surface area contributed by atoms with Crippen LogP contribution in [0, 0.1) is 0 Å². The summed E-state index contributed by atoms with van der Waals surface area (Å²) in [6, 6.07) is 0.394. The average Bonchev–Trinajstić information content (AvgIpc) is 2.96. The van der Waals surface area contributed by atoms with E-state index in [-0.39, 0.29) is 5.91 Å². The lowest BCUT2D eigenvalue weighted by Crippen LogP contribution is -2.34. The maximum absolute atomic E-state index is 11.6. The molecule has 1 saturated carbocycles. The number of carbonyl (C=O) groups excluding carboxylic acids is 1. The zero-order chi connectivity index (χ0) is 11.9. The third-order valence-electron chi connectivity index (χ3n) is 3.67. The normalized spacial score (nSPS) is 25.3. The minimum atomic E-state index is 0.152. The molecule has 1 aliphatic carbocycles. The van der Waals surface area contributed by atoms with Crippen LogP contribution in [0.1, 0.15) is 44.9 Å². The smallest absolute Gasteiger partial charge is 0.221 e. The standard InChI is InChI=1S/C13H24N2O2/c16-13(10-11-4-3-7-14-11)15-8-9-17-12-5-1-2-6-12/h11-12,14H,1-10H2,(H,15,16). The van der Waals surface area contributed by atoms with E-state index < -0.39 is 0 Å². The third-order valence-corrected chi connectivity index (χ3v) is 3.67. The van der Waals surface area contributed by atoms with E-state index in [1.165, 1.54) is 32.1 Å². The summed E-state index contributed by atoms with van der Waals surface area (Å²) in [6.07, 6.45) is 8.37. The van der Waals surface area contributed by atoms with Gasteiger partial charge in [0.1, 0.15) is 0 Å². The molecule has 0 spiro atoms. The Bertz CT molecular complexity index is 234. The molecule has 0 aromatic carbocycles. The van der Waals surface area contributed by atoms with Gasteiger partial charge in [-0.2, -0.15) is 0 Å². The van der Waals surface area contributed by atoms with Crippen molar-refractivity contribution in [2.45, 2.75) is 57.1 Å². The van der Waals surface area contributed by atoms with E-state index in [4.69, 9.17) is 4.74 Å². The van der Waals surface area contributed by atoms with Gasteiger partial charge in [-0.25, -0.2) is 0 Å². The lowest BCUT2D eigenvalue weighted by Gasteiger charge is -2.13. The quantitative estimate of drug-likeness (QED) is 0.686. The van der Waals surface area contributed by atoms with E-state index in [1.54, 1.807) is 0 Å². The molecule has 1 amide bonds. The largest absolute Gasteiger partial charge is 0.376 e. The minimum Gasteiger partial charge on any atom is -0.376 e. The second kappa shape index (κ2) is 6.97. The van der Waals surface area contributed by atoms with Crippen LogP contribution in [0.5, 0.6) is 0 Å². The lowest BCUT2D eigenvalue weighted by molar-refractivity contribution is -0.121. The zero-order valence-corrected chi connectivity index (χ0v) is 10.5. The molecule has 2 N–H and O–H groups in total. The fourth-order valence-electron chi connectivity index (χ4n) is 2.70. The Morgan fingerprint density at radius 2 is 2.06 bits per heavy atom. The second-order valence-corrected chi connectivity index (χ2v) is 5.12. The van der Waals surface area contributed by atoms with Crippen molar-refractivity contribution in [3.8, 4) is 0 Å². The summed E-state index contributed by atoms with van der Waals surface area (Å²) < 4.78 is 5.69. The van der Waals surface area contributed by atoms with Crippen LogP contribution in [0.3, 0.4) is 0 Å². The van der Waals surface area contributed by atoms with Crippen molar-refractivity contribution in [3.05, 3.63) is 0 Å². The Morgan fingerprint density at radius 3 is 2.76 bits per heavy atom. The summed E-state index contributed by atoms with van der Waals surface area (Å²) in [5, 5.41) is 6.26. The van der Waals surface area contributed by atoms with E-state index in [1.807, 2.05) is 0 Å². The number of ether oxygens (including phenoxy) is 1. The Hall–Kier alpha value is -0.610. The van der Waals surface area contributed by atoms with E-state index >= 15 is 0 Å². The fraction of sp³-hybridized carbons (Fsp3) is 0.923. The first-order chi connectivity index (χ1) is 8.34. The van der Waals surface area contributed by atoms with Gasteiger partial charge in [0, 0.05) is 19.0 Å². The molecule has 1 unspecified atom stereocenters. The molecule has 1 aliphatic heterocycles. The molecular formula is C13H24N2O2. The van der Waals surface area contributed by atoms with Crippen LogP contribution < -0.4 is 10.6 Å². The van der Waals surface area contributed by atoms with Gasteiger partial charge in [-0.3, -0.25) is 4.79 Å². The first-order valence-electron chi connectivity index (χ1n) is 6.96. The molecule has 2 aliphatic rings. The molecule has 0 bridgehead atoms. The summed E-state index contributed by atoms with van der Waals surface area (Å²) in [6.45, 7) is 2.37. The van der Waals surface area contributed by atoms with Gasteiger partial charge >= 0.3 is 0 Å². The highest BCUT2D eigenvalue weighted by atomic mass is 16.5. The van der Waals surface area contributed by atoms with Gasteiger partial charge in [0.15, 0.2) is 0 Å². The molecule has 98 valence electrons. The predicted molar refractivity (Wildman–Crippen MR) is 66.9 cm³/mol. The molecule has 2 fully saturated rings. The molecule has 2 rings (SSSR count). The van der Waals surface area contributed by atoms with Crippen molar-refractivity contribution >= 4 is 5.91 Å². The average molecular weight is 240 g/mol. The van der Waals surface area contributed by atoms with E-state index in [0.29, 0.717) is 31.7 Å². The second-order valence-electron chi connectivity index (χ2n) is 5.12. The molecule has 4 nitrogen and oxygen atoms in total. The van der Waals surface area contributed by atoms with Crippen molar-refractivity contribution in [2.24, 2.45) is 0 Å². The fourth-order valence-corrected chi connectivity index (χ4v) is 2.70. The van der Waals surface area contributed by atoms with Crippen molar-refractivity contribution in [1.82, 2.24) is 10.6 Å². The maximum atomic E-state index is 11.6. The maximum Gasteiger partial charge on any atom is 0.221 e. The van der Waals surface area contributed by atoms with Crippen molar-refractivity contribution in [2.75, 3.05) is 19.7 Å². The molecule has 0 radical (unpaired) electrons. The van der Waals surface area contributed by atoms with E-state index in [9.17, 15) is 4.79 Å². The van der Waals surface area contributed by atoms with Gasteiger partial charge in [0.2, 0.25) is 5.91 Å². The van der Waals surface area contributed by atoms with Gasteiger partial charge in [-0.05, 0) is 32.2 Å². The van der Waals surface area contributed by atoms with Crippen LogP contribution in [-0.2, 0) is 9.53 Å². The molecule has 1 heterocycles. The van der Waals surface area contributed by atoms with Gasteiger partial charge in [-0.1, -0.05) is 12.8 Å². The third kappa shape index (κ3) is 4.64. The molecule has 1 atom stereocenters. The van der Waals surface area contributed by atoms with Crippen LogP contribution in [0.15, 0.2) is 0 Å². The highest BCUT2D eigenvalue weighted by Crippen LogP contribution is 2.20. The Morgan fingerprint density at radius 1 is 1.24 bits per heavy atom. The molecule has 17 heavy (non-hydrogen) atoms. The van der Waals surface area contributed by atoms with Crippen LogP contribution >= 0.6 is 0 Å². The number of hydrogen-bond acceptors (Lipinski definition) is 3. The number of amides is 1. The molecule has 0 aromatic rings. The first kappa shape index (κ1) is 12.8. The molecular weight excluding hydrogens is 216 g/mol. The van der Waals surface area contributed by atoms with Crippen molar-refractivity contribution in [3.63, 3.8) is 0 Å². The SMILES string of the molecule is O=C(CC1CCCN1)NCCOC1CCCC1. The Balaban J connectivity index is 1.47. The predicted octanol–water partition coefficient (Wildman–Crippen LogP) is 1.20. The Labute approximate surface area is 103 Å². The lowest BCUT2D eigenvalue weighted by atomic mass is 10.1. The van der Waals surface area contributed by atoms with Gasteiger partial charge in [0.05, 0.1) is 12.7 Å². The van der Waals surface area contributed by atoms with Gasteiger partial charge in [0.25, 0.3) is 0 Å². The van der Waals surface area contributed by atoms with E-state index in [2.05, 4.69) is 10.6 Å². The highest BCUT2D eigenvalue weighted by Gasteiger charge is 2.18. The number of rotatable bonds is 6. The summed E-state index contributed by atoms with van der Waals surface area (Å²) in [4.78, 5) is 11.6. The zero-order valence-electron chi connectivity index (χ0n) is 10.5. The number of carbonyl (C=O) groups is 1. The van der Waals surface area contributed by atoms with E-state index in [0.717, 1.165) is 13.0 Å².